The van der Waals surface area contributed by atoms with Gasteiger partial charge in [0.05, 0.1) is 6.61 Å². The summed E-state index contributed by atoms with van der Waals surface area (Å²) >= 11 is 0. The van der Waals surface area contributed by atoms with Gasteiger partial charge in [0.25, 0.3) is 0 Å². The van der Waals surface area contributed by atoms with E-state index in [0.717, 1.165) is 5.56 Å². The molecule has 0 saturated heterocycles. The number of hydrogen-bond donors (Lipinski definition) is 4. The van der Waals surface area contributed by atoms with Crippen molar-refractivity contribution in [1.82, 2.24) is 10.6 Å². The lowest BCUT2D eigenvalue weighted by Gasteiger charge is -2.20. The summed E-state index contributed by atoms with van der Waals surface area (Å²) in [5, 5.41) is 23.7. The molecule has 3 rings (SSSR count). The number of aliphatic hydroxyl groups is 1. The molecule has 0 bridgehead atoms. The molecule has 0 unspecified atom stereocenters. The number of carbonyl (C=O) groups is 4. The topological polar surface area (TPSA) is 142 Å². The number of ether oxygens (including phenoxy) is 1. The first kappa shape index (κ1) is 26.1. The average molecular weight is 491 g/mol. The Balaban J connectivity index is 1.57. The van der Waals surface area contributed by atoms with Crippen LogP contribution in [0.25, 0.3) is 0 Å². The molecule has 0 aliphatic heterocycles. The number of aliphatic hydroxyl groups excluding tert-OH is 1. The smallest absolute Gasteiger partial charge is 0.408 e. The maximum absolute atomic E-state index is 12.5. The maximum Gasteiger partial charge on any atom is 0.408 e. The summed E-state index contributed by atoms with van der Waals surface area (Å²) in [6.45, 7) is -0.790. The summed E-state index contributed by atoms with van der Waals surface area (Å²) in [4.78, 5) is 48.8. The van der Waals surface area contributed by atoms with Crippen LogP contribution in [0.2, 0.25) is 0 Å². The Morgan fingerprint density at radius 2 is 1.31 bits per heavy atom. The number of benzene rings is 3. The number of ketones is 1. The van der Waals surface area contributed by atoms with Crippen LogP contribution in [0.15, 0.2) is 84.9 Å². The van der Waals surface area contributed by atoms with E-state index in [1.807, 2.05) is 12.1 Å². The van der Waals surface area contributed by atoms with Crippen LogP contribution in [-0.2, 0) is 27.4 Å². The minimum absolute atomic E-state index is 0.0348. The summed E-state index contributed by atoms with van der Waals surface area (Å²) in [6.07, 6.45) is -1.00. The summed E-state index contributed by atoms with van der Waals surface area (Å²) in [5.41, 5.74) is 2.29. The average Bonchev–Trinajstić information content (AvgIpc) is 2.91. The molecule has 9 heteroatoms. The summed E-state index contributed by atoms with van der Waals surface area (Å²) in [6, 6.07) is 21.3. The van der Waals surface area contributed by atoms with Crippen LogP contribution in [0.4, 0.5) is 4.79 Å². The number of carbonyl (C=O) groups excluding carboxylic acids is 3. The highest BCUT2D eigenvalue weighted by molar-refractivity contribution is 6.08. The van der Waals surface area contributed by atoms with Gasteiger partial charge in [-0.2, -0.15) is 0 Å². The monoisotopic (exact) mass is 490 g/mol. The van der Waals surface area contributed by atoms with Crippen molar-refractivity contribution in [2.75, 3.05) is 6.61 Å². The lowest BCUT2D eigenvalue weighted by molar-refractivity contribution is -0.142. The molecule has 0 fully saturated rings. The molecule has 36 heavy (non-hydrogen) atoms. The molecule has 3 aromatic carbocycles. The molecule has 0 aliphatic rings. The number of hydrogen-bond acceptors (Lipinski definition) is 6. The van der Waals surface area contributed by atoms with Gasteiger partial charge >= 0.3 is 12.1 Å². The van der Waals surface area contributed by atoms with E-state index in [9.17, 15) is 29.4 Å². The summed E-state index contributed by atoms with van der Waals surface area (Å²) < 4.78 is 5.04. The SMILES string of the molecule is O=C(N[C@@H](CO)C(=O)N[C@H](Cc1ccc(C(=O)c2ccccc2)cc1)C(=O)O)OCc1ccccc1. The number of carboxylic acids is 1. The standard InChI is InChI=1S/C27H26N2O7/c30-16-23(29-27(35)36-17-19-7-3-1-4-8-19)25(32)28-22(26(33)34)15-18-11-13-21(14-12-18)24(31)20-9-5-2-6-10-20/h1-14,22-23,30H,15-17H2,(H,28,32)(H,29,35)(H,33,34)/t22-,23+/m1/s1. The Morgan fingerprint density at radius 1 is 0.722 bits per heavy atom. The molecule has 3 aromatic rings. The van der Waals surface area contributed by atoms with E-state index < -0.39 is 36.7 Å². The molecule has 0 aliphatic carbocycles. The van der Waals surface area contributed by atoms with E-state index >= 15 is 0 Å². The second-order valence-corrected chi connectivity index (χ2v) is 7.94. The molecule has 186 valence electrons. The van der Waals surface area contributed by atoms with Gasteiger partial charge in [-0.1, -0.05) is 84.9 Å². The predicted octanol–water partition coefficient (Wildman–Crippen LogP) is 2.32. The minimum Gasteiger partial charge on any atom is -0.480 e. The highest BCUT2D eigenvalue weighted by Crippen LogP contribution is 2.13. The zero-order valence-electron chi connectivity index (χ0n) is 19.3. The van der Waals surface area contributed by atoms with Gasteiger partial charge in [0.2, 0.25) is 5.91 Å². The normalized spacial score (nSPS) is 12.1. The highest BCUT2D eigenvalue weighted by atomic mass is 16.5. The van der Waals surface area contributed by atoms with E-state index in [0.29, 0.717) is 16.7 Å². The predicted molar refractivity (Wildman–Crippen MR) is 130 cm³/mol. The largest absolute Gasteiger partial charge is 0.480 e. The zero-order chi connectivity index (χ0) is 25.9. The number of amides is 2. The number of nitrogens with one attached hydrogen (secondary N) is 2. The van der Waals surface area contributed by atoms with Crippen molar-refractivity contribution in [3.8, 4) is 0 Å². The number of alkyl carbamates (subject to hydrolysis) is 1. The molecule has 9 nitrogen and oxygen atoms in total. The number of carboxylic acid groups (broad SMARTS) is 1. The Morgan fingerprint density at radius 3 is 1.89 bits per heavy atom. The molecule has 0 saturated carbocycles. The first-order chi connectivity index (χ1) is 17.4. The van der Waals surface area contributed by atoms with E-state index in [1.54, 1.807) is 72.8 Å². The number of rotatable bonds is 11. The third kappa shape index (κ3) is 7.51. The fourth-order valence-corrected chi connectivity index (χ4v) is 3.36. The van der Waals surface area contributed by atoms with Crippen molar-refractivity contribution < 1.29 is 34.1 Å². The molecule has 0 spiro atoms. The van der Waals surface area contributed by atoms with Gasteiger partial charge in [0, 0.05) is 17.5 Å². The first-order valence-electron chi connectivity index (χ1n) is 11.2. The van der Waals surface area contributed by atoms with Gasteiger partial charge in [-0.15, -0.1) is 0 Å². The van der Waals surface area contributed by atoms with Gasteiger partial charge in [0.1, 0.15) is 18.7 Å². The van der Waals surface area contributed by atoms with E-state index in [-0.39, 0.29) is 18.8 Å². The first-order valence-corrected chi connectivity index (χ1v) is 11.2. The van der Waals surface area contributed by atoms with Crippen LogP contribution >= 0.6 is 0 Å². The van der Waals surface area contributed by atoms with Crippen molar-refractivity contribution in [1.29, 1.82) is 0 Å². The van der Waals surface area contributed by atoms with Crippen molar-refractivity contribution in [2.24, 2.45) is 0 Å². The van der Waals surface area contributed by atoms with Gasteiger partial charge in [-0.25, -0.2) is 9.59 Å². The minimum atomic E-state index is -1.40. The maximum atomic E-state index is 12.5. The van der Waals surface area contributed by atoms with Crippen LogP contribution in [-0.4, -0.2) is 52.7 Å². The van der Waals surface area contributed by atoms with Crippen LogP contribution in [0.1, 0.15) is 27.0 Å². The fourth-order valence-electron chi connectivity index (χ4n) is 3.36. The van der Waals surface area contributed by atoms with Gasteiger partial charge in [-0.05, 0) is 11.1 Å². The fraction of sp³-hybridized carbons (Fsp3) is 0.185. The van der Waals surface area contributed by atoms with Crippen molar-refractivity contribution in [3.63, 3.8) is 0 Å². The van der Waals surface area contributed by atoms with E-state index in [1.165, 1.54) is 0 Å². The lowest BCUT2D eigenvalue weighted by Crippen LogP contribution is -2.53. The molecular weight excluding hydrogens is 464 g/mol. The molecule has 0 heterocycles. The van der Waals surface area contributed by atoms with Crippen molar-refractivity contribution in [3.05, 3.63) is 107 Å². The molecule has 2 atom stereocenters. The zero-order valence-corrected chi connectivity index (χ0v) is 19.3. The lowest BCUT2D eigenvalue weighted by atomic mass is 9.99. The Hall–Kier alpha value is -4.50. The van der Waals surface area contributed by atoms with Crippen molar-refractivity contribution >= 4 is 23.8 Å². The molecular formula is C27H26N2O7. The number of aliphatic carboxylic acids is 1. The third-order valence-corrected chi connectivity index (χ3v) is 5.31. The van der Waals surface area contributed by atoms with Crippen LogP contribution in [0.3, 0.4) is 0 Å². The molecule has 0 radical (unpaired) electrons. The molecule has 2 amide bonds. The van der Waals surface area contributed by atoms with E-state index in [2.05, 4.69) is 10.6 Å². The Labute approximate surface area is 207 Å². The van der Waals surface area contributed by atoms with Crippen LogP contribution in [0.5, 0.6) is 0 Å². The van der Waals surface area contributed by atoms with Crippen molar-refractivity contribution in [2.45, 2.75) is 25.1 Å². The van der Waals surface area contributed by atoms with Gasteiger partial charge < -0.3 is 25.6 Å². The Kier molecular flexibility index (Phi) is 9.30. The summed E-state index contributed by atoms with van der Waals surface area (Å²) in [7, 11) is 0. The van der Waals surface area contributed by atoms with Crippen LogP contribution in [0, 0.1) is 0 Å². The van der Waals surface area contributed by atoms with Gasteiger partial charge in [0.15, 0.2) is 5.78 Å². The molecule has 0 aromatic heterocycles. The van der Waals surface area contributed by atoms with Gasteiger partial charge in [-0.3, -0.25) is 9.59 Å². The van der Waals surface area contributed by atoms with Crippen LogP contribution < -0.4 is 10.6 Å². The quantitative estimate of drug-likeness (QED) is 0.302. The second kappa shape index (κ2) is 12.8. The third-order valence-electron chi connectivity index (χ3n) is 5.31. The van der Waals surface area contributed by atoms with E-state index in [4.69, 9.17) is 4.74 Å². The molecule has 4 N–H and O–H groups in total. The highest BCUT2D eigenvalue weighted by Gasteiger charge is 2.27. The second-order valence-electron chi connectivity index (χ2n) is 7.94. The summed E-state index contributed by atoms with van der Waals surface area (Å²) in [5.74, 6) is -2.34. The Bertz CT molecular complexity index is 1180.